The third-order valence-electron chi connectivity index (χ3n) is 2.30. The van der Waals surface area contributed by atoms with E-state index in [0.29, 0.717) is 6.04 Å². The fourth-order valence-corrected chi connectivity index (χ4v) is 2.94. The van der Waals surface area contributed by atoms with Crippen LogP contribution < -0.4 is 5.32 Å². The number of ether oxygens (including phenoxy) is 1. The Kier molecular flexibility index (Phi) is 7.93. The Labute approximate surface area is 107 Å². The van der Waals surface area contributed by atoms with Gasteiger partial charge in [-0.25, -0.2) is 0 Å². The summed E-state index contributed by atoms with van der Waals surface area (Å²) in [5.41, 5.74) is 0. The quantitative estimate of drug-likeness (QED) is 0.688. The molecule has 1 unspecified atom stereocenters. The van der Waals surface area contributed by atoms with Crippen LogP contribution in [0.25, 0.3) is 0 Å². The number of hydrogen-bond acceptors (Lipinski definition) is 4. The smallest absolute Gasteiger partial charge is 0.0470 e. The van der Waals surface area contributed by atoms with Gasteiger partial charge in [-0.2, -0.15) is 11.8 Å². The summed E-state index contributed by atoms with van der Waals surface area (Å²) in [4.78, 5) is 1.42. The fourth-order valence-electron chi connectivity index (χ4n) is 1.39. The zero-order chi connectivity index (χ0) is 11.6. The summed E-state index contributed by atoms with van der Waals surface area (Å²) in [7, 11) is 1.76. The molecule has 1 atom stereocenters. The van der Waals surface area contributed by atoms with Gasteiger partial charge in [0.25, 0.3) is 0 Å². The second kappa shape index (κ2) is 9.05. The SMILES string of the molecule is COCCCSCCNC(C)c1cccs1. The first-order chi connectivity index (χ1) is 7.84. The number of thioether (sulfide) groups is 1. The molecule has 0 aromatic carbocycles. The molecule has 0 saturated heterocycles. The summed E-state index contributed by atoms with van der Waals surface area (Å²) in [6, 6.07) is 4.78. The first-order valence-corrected chi connectivity index (χ1v) is 7.71. The zero-order valence-corrected chi connectivity index (χ0v) is 11.7. The van der Waals surface area contributed by atoms with Gasteiger partial charge in [-0.05, 0) is 30.5 Å². The molecule has 16 heavy (non-hydrogen) atoms. The molecule has 1 rings (SSSR count). The molecule has 1 aromatic rings. The maximum atomic E-state index is 5.01. The van der Waals surface area contributed by atoms with Gasteiger partial charge in [-0.3, -0.25) is 0 Å². The minimum absolute atomic E-state index is 0.486. The maximum Gasteiger partial charge on any atom is 0.0470 e. The Morgan fingerprint density at radius 1 is 1.50 bits per heavy atom. The number of thiophene rings is 1. The van der Waals surface area contributed by atoms with E-state index in [0.717, 1.165) is 19.6 Å². The van der Waals surface area contributed by atoms with Crippen LogP contribution in [0.4, 0.5) is 0 Å². The molecule has 1 N–H and O–H groups in total. The lowest BCUT2D eigenvalue weighted by molar-refractivity contribution is 0.200. The number of methoxy groups -OCH3 is 1. The Bertz CT molecular complexity index is 252. The molecule has 1 aromatic heterocycles. The van der Waals surface area contributed by atoms with E-state index in [9.17, 15) is 0 Å². The van der Waals surface area contributed by atoms with Crippen molar-refractivity contribution >= 4 is 23.1 Å². The van der Waals surface area contributed by atoms with Crippen molar-refractivity contribution in [3.8, 4) is 0 Å². The van der Waals surface area contributed by atoms with Crippen LogP contribution in [0.15, 0.2) is 17.5 Å². The van der Waals surface area contributed by atoms with E-state index in [4.69, 9.17) is 4.74 Å². The lowest BCUT2D eigenvalue weighted by Crippen LogP contribution is -2.20. The average molecular weight is 259 g/mol. The Morgan fingerprint density at radius 3 is 3.06 bits per heavy atom. The van der Waals surface area contributed by atoms with Gasteiger partial charge in [-0.15, -0.1) is 11.3 Å². The van der Waals surface area contributed by atoms with Crippen molar-refractivity contribution in [1.82, 2.24) is 5.32 Å². The van der Waals surface area contributed by atoms with Crippen molar-refractivity contribution in [3.63, 3.8) is 0 Å². The van der Waals surface area contributed by atoms with Crippen molar-refractivity contribution in [2.45, 2.75) is 19.4 Å². The summed E-state index contributed by atoms with van der Waals surface area (Å²) < 4.78 is 5.01. The average Bonchev–Trinajstić information content (AvgIpc) is 2.81. The van der Waals surface area contributed by atoms with E-state index in [1.165, 1.54) is 16.4 Å². The minimum atomic E-state index is 0.486. The Hall–Kier alpha value is -0.0300. The van der Waals surface area contributed by atoms with E-state index in [-0.39, 0.29) is 0 Å². The largest absolute Gasteiger partial charge is 0.385 e. The fraction of sp³-hybridized carbons (Fsp3) is 0.667. The van der Waals surface area contributed by atoms with Crippen LogP contribution in [0.1, 0.15) is 24.3 Å². The molecule has 0 aliphatic rings. The van der Waals surface area contributed by atoms with Gasteiger partial charge < -0.3 is 10.1 Å². The molecule has 2 nitrogen and oxygen atoms in total. The molecule has 0 radical (unpaired) electrons. The molecule has 4 heteroatoms. The predicted octanol–water partition coefficient (Wildman–Crippen LogP) is 3.17. The van der Waals surface area contributed by atoms with Gasteiger partial charge in [-0.1, -0.05) is 6.07 Å². The van der Waals surface area contributed by atoms with Crippen molar-refractivity contribution in [1.29, 1.82) is 0 Å². The number of rotatable bonds is 9. The topological polar surface area (TPSA) is 21.3 Å². The van der Waals surface area contributed by atoms with Crippen LogP contribution in [0.5, 0.6) is 0 Å². The molecular formula is C12H21NOS2. The van der Waals surface area contributed by atoms with Crippen LogP contribution in [-0.4, -0.2) is 31.8 Å². The standard InChI is InChI=1S/C12H21NOS2/c1-11(12-5-3-9-16-12)13-6-10-15-8-4-7-14-2/h3,5,9,11,13H,4,6-8,10H2,1-2H3. The van der Waals surface area contributed by atoms with Crippen molar-refractivity contribution in [2.75, 3.05) is 31.8 Å². The highest BCUT2D eigenvalue weighted by Gasteiger charge is 2.04. The highest BCUT2D eigenvalue weighted by atomic mass is 32.2. The highest BCUT2D eigenvalue weighted by Crippen LogP contribution is 2.17. The molecule has 0 aliphatic carbocycles. The van der Waals surface area contributed by atoms with Gasteiger partial charge in [0.15, 0.2) is 0 Å². The molecule has 0 spiro atoms. The van der Waals surface area contributed by atoms with Crippen LogP contribution >= 0.6 is 23.1 Å². The van der Waals surface area contributed by atoms with E-state index in [2.05, 4.69) is 29.8 Å². The molecule has 0 amide bonds. The van der Waals surface area contributed by atoms with Crippen molar-refractivity contribution < 1.29 is 4.74 Å². The maximum absolute atomic E-state index is 5.01. The van der Waals surface area contributed by atoms with Crippen LogP contribution in [-0.2, 0) is 4.74 Å². The Balaban J connectivity index is 1.95. The van der Waals surface area contributed by atoms with Crippen LogP contribution in [0, 0.1) is 0 Å². The highest BCUT2D eigenvalue weighted by molar-refractivity contribution is 7.99. The van der Waals surface area contributed by atoms with Crippen molar-refractivity contribution in [2.24, 2.45) is 0 Å². The summed E-state index contributed by atoms with van der Waals surface area (Å²) in [6.07, 6.45) is 1.15. The van der Waals surface area contributed by atoms with Crippen molar-refractivity contribution in [3.05, 3.63) is 22.4 Å². The summed E-state index contributed by atoms with van der Waals surface area (Å²) in [5.74, 6) is 2.38. The monoisotopic (exact) mass is 259 g/mol. The summed E-state index contributed by atoms with van der Waals surface area (Å²) in [5, 5.41) is 5.67. The van der Waals surface area contributed by atoms with E-state index in [1.54, 1.807) is 7.11 Å². The third kappa shape index (κ3) is 5.89. The van der Waals surface area contributed by atoms with E-state index < -0.39 is 0 Å². The van der Waals surface area contributed by atoms with Gasteiger partial charge in [0, 0.05) is 36.9 Å². The van der Waals surface area contributed by atoms with Gasteiger partial charge in [0.2, 0.25) is 0 Å². The lowest BCUT2D eigenvalue weighted by atomic mass is 10.3. The molecule has 0 bridgehead atoms. The third-order valence-corrected chi connectivity index (χ3v) is 4.43. The van der Waals surface area contributed by atoms with E-state index in [1.807, 2.05) is 23.1 Å². The summed E-state index contributed by atoms with van der Waals surface area (Å²) in [6.45, 7) is 4.18. The lowest BCUT2D eigenvalue weighted by Gasteiger charge is -2.11. The first-order valence-electron chi connectivity index (χ1n) is 5.68. The molecule has 1 heterocycles. The number of nitrogens with one attached hydrogen (secondary N) is 1. The van der Waals surface area contributed by atoms with Gasteiger partial charge >= 0.3 is 0 Å². The second-order valence-electron chi connectivity index (χ2n) is 3.65. The van der Waals surface area contributed by atoms with Gasteiger partial charge in [0.05, 0.1) is 0 Å². The zero-order valence-electron chi connectivity index (χ0n) is 10.1. The molecule has 92 valence electrons. The number of hydrogen-bond donors (Lipinski definition) is 1. The van der Waals surface area contributed by atoms with E-state index >= 15 is 0 Å². The van der Waals surface area contributed by atoms with Crippen LogP contribution in [0.3, 0.4) is 0 Å². The van der Waals surface area contributed by atoms with Gasteiger partial charge in [0.1, 0.15) is 0 Å². The molecular weight excluding hydrogens is 238 g/mol. The molecule has 0 aliphatic heterocycles. The predicted molar refractivity (Wildman–Crippen MR) is 74.6 cm³/mol. The van der Waals surface area contributed by atoms with Crippen LogP contribution in [0.2, 0.25) is 0 Å². The second-order valence-corrected chi connectivity index (χ2v) is 5.85. The Morgan fingerprint density at radius 2 is 2.38 bits per heavy atom. The summed E-state index contributed by atoms with van der Waals surface area (Å²) >= 11 is 3.81. The molecule has 0 saturated carbocycles. The molecule has 0 fully saturated rings. The normalized spacial score (nSPS) is 12.9. The first kappa shape index (κ1) is 14.0. The minimum Gasteiger partial charge on any atom is -0.385 e.